The normalized spacial score (nSPS) is 18.0. The molecule has 1 aliphatic heterocycles. The summed E-state index contributed by atoms with van der Waals surface area (Å²) in [6, 6.07) is 3.55. The van der Waals surface area contributed by atoms with E-state index in [1.54, 1.807) is 23.2 Å². The topological polar surface area (TPSA) is 54.5 Å². The van der Waals surface area contributed by atoms with Crippen molar-refractivity contribution in [3.63, 3.8) is 0 Å². The summed E-state index contributed by atoms with van der Waals surface area (Å²) in [4.78, 5) is 18.1. The van der Waals surface area contributed by atoms with Crippen molar-refractivity contribution in [2.24, 2.45) is 5.92 Å². The van der Waals surface area contributed by atoms with Crippen LogP contribution < -0.4 is 10.1 Å². The Hall–Kier alpha value is -1.62. The van der Waals surface area contributed by atoms with Crippen molar-refractivity contribution < 1.29 is 9.53 Å². The van der Waals surface area contributed by atoms with Gasteiger partial charge in [-0.1, -0.05) is 0 Å². The lowest BCUT2D eigenvalue weighted by Crippen LogP contribution is -2.31. The first-order valence-corrected chi connectivity index (χ1v) is 7.33. The number of amides is 1. The minimum atomic E-state index is -0.0389. The van der Waals surface area contributed by atoms with Crippen LogP contribution in [-0.4, -0.2) is 48.6 Å². The Morgan fingerprint density at radius 2 is 2.30 bits per heavy atom. The second-order valence-corrected chi connectivity index (χ2v) is 5.02. The number of pyridine rings is 1. The molecule has 5 heteroatoms. The first-order valence-electron chi connectivity index (χ1n) is 7.33. The molecule has 0 saturated carbocycles. The molecule has 5 nitrogen and oxygen atoms in total. The SMILES string of the molecule is CCN(CC)C(=O)c1cc(OCC2CCNC2)ccn1. The molecule has 1 aliphatic rings. The van der Waals surface area contributed by atoms with Gasteiger partial charge in [0, 0.05) is 37.8 Å². The lowest BCUT2D eigenvalue weighted by atomic mass is 10.1. The van der Waals surface area contributed by atoms with E-state index in [0.29, 0.717) is 31.3 Å². The zero-order valence-corrected chi connectivity index (χ0v) is 12.3. The van der Waals surface area contributed by atoms with Crippen molar-refractivity contribution in [3.8, 4) is 5.75 Å². The summed E-state index contributed by atoms with van der Waals surface area (Å²) in [5.41, 5.74) is 0.454. The van der Waals surface area contributed by atoms with Crippen LogP contribution in [0.1, 0.15) is 30.8 Å². The monoisotopic (exact) mass is 277 g/mol. The van der Waals surface area contributed by atoms with Crippen LogP contribution in [0.4, 0.5) is 0 Å². The first-order chi connectivity index (χ1) is 9.74. The second-order valence-electron chi connectivity index (χ2n) is 5.02. The van der Waals surface area contributed by atoms with Gasteiger partial charge in [-0.05, 0) is 32.9 Å². The molecular formula is C15H23N3O2. The third-order valence-corrected chi connectivity index (χ3v) is 3.65. The number of rotatable bonds is 6. The molecule has 0 bridgehead atoms. The van der Waals surface area contributed by atoms with E-state index in [4.69, 9.17) is 4.74 Å². The molecule has 2 rings (SSSR count). The van der Waals surface area contributed by atoms with Crippen LogP contribution in [0, 0.1) is 5.92 Å². The molecule has 2 heterocycles. The Morgan fingerprint density at radius 1 is 1.50 bits per heavy atom. The molecule has 1 aromatic rings. The summed E-state index contributed by atoms with van der Waals surface area (Å²) in [6.07, 6.45) is 2.79. The standard InChI is InChI=1S/C15H23N3O2/c1-3-18(4-2)15(19)14-9-13(6-8-17-14)20-11-12-5-7-16-10-12/h6,8-9,12,16H,3-5,7,10-11H2,1-2H3. The molecule has 1 N–H and O–H groups in total. The number of carbonyl (C=O) groups excluding carboxylic acids is 1. The van der Waals surface area contributed by atoms with Crippen LogP contribution >= 0.6 is 0 Å². The Labute approximate surface area is 120 Å². The molecule has 1 amide bonds. The molecule has 0 aliphatic carbocycles. The highest BCUT2D eigenvalue weighted by Gasteiger charge is 2.17. The van der Waals surface area contributed by atoms with Crippen LogP contribution in [0.2, 0.25) is 0 Å². The molecule has 0 aromatic carbocycles. The minimum absolute atomic E-state index is 0.0389. The highest BCUT2D eigenvalue weighted by atomic mass is 16.5. The fourth-order valence-electron chi connectivity index (χ4n) is 2.36. The van der Waals surface area contributed by atoms with Gasteiger partial charge in [-0.3, -0.25) is 9.78 Å². The number of ether oxygens (including phenoxy) is 1. The van der Waals surface area contributed by atoms with Crippen molar-refractivity contribution in [1.82, 2.24) is 15.2 Å². The third kappa shape index (κ3) is 3.70. The van der Waals surface area contributed by atoms with E-state index < -0.39 is 0 Å². The summed E-state index contributed by atoms with van der Waals surface area (Å²) in [5.74, 6) is 1.25. The summed E-state index contributed by atoms with van der Waals surface area (Å²) >= 11 is 0. The van der Waals surface area contributed by atoms with E-state index in [0.717, 1.165) is 25.3 Å². The second kappa shape index (κ2) is 7.24. The predicted molar refractivity (Wildman–Crippen MR) is 78.0 cm³/mol. The van der Waals surface area contributed by atoms with Crippen LogP contribution in [0.5, 0.6) is 5.75 Å². The third-order valence-electron chi connectivity index (χ3n) is 3.65. The molecule has 1 aromatic heterocycles. The van der Waals surface area contributed by atoms with Crippen molar-refractivity contribution in [3.05, 3.63) is 24.0 Å². The molecule has 1 atom stereocenters. The number of nitrogens with zero attached hydrogens (tertiary/aromatic N) is 2. The fourth-order valence-corrected chi connectivity index (χ4v) is 2.36. The van der Waals surface area contributed by atoms with Crippen molar-refractivity contribution in [1.29, 1.82) is 0 Å². The van der Waals surface area contributed by atoms with E-state index in [1.165, 1.54) is 0 Å². The number of hydrogen-bond acceptors (Lipinski definition) is 4. The summed E-state index contributed by atoms with van der Waals surface area (Å²) in [6.45, 7) is 8.08. The van der Waals surface area contributed by atoms with Crippen LogP contribution in [0.3, 0.4) is 0 Å². The smallest absolute Gasteiger partial charge is 0.272 e. The number of nitrogens with one attached hydrogen (secondary N) is 1. The van der Waals surface area contributed by atoms with Gasteiger partial charge >= 0.3 is 0 Å². The fraction of sp³-hybridized carbons (Fsp3) is 0.600. The molecular weight excluding hydrogens is 254 g/mol. The molecule has 110 valence electrons. The van der Waals surface area contributed by atoms with Crippen molar-refractivity contribution in [2.45, 2.75) is 20.3 Å². The highest BCUT2D eigenvalue weighted by molar-refractivity contribution is 5.92. The average molecular weight is 277 g/mol. The van der Waals surface area contributed by atoms with Crippen LogP contribution in [0.15, 0.2) is 18.3 Å². The Kier molecular flexibility index (Phi) is 5.35. The molecule has 0 radical (unpaired) electrons. The van der Waals surface area contributed by atoms with Crippen molar-refractivity contribution in [2.75, 3.05) is 32.8 Å². The molecule has 20 heavy (non-hydrogen) atoms. The quantitative estimate of drug-likeness (QED) is 0.857. The van der Waals surface area contributed by atoms with Gasteiger partial charge in [-0.2, -0.15) is 0 Å². The average Bonchev–Trinajstić information content (AvgIpc) is 3.00. The van der Waals surface area contributed by atoms with Crippen molar-refractivity contribution >= 4 is 5.91 Å². The number of hydrogen-bond donors (Lipinski definition) is 1. The maximum absolute atomic E-state index is 12.2. The maximum Gasteiger partial charge on any atom is 0.272 e. The maximum atomic E-state index is 12.2. The zero-order chi connectivity index (χ0) is 14.4. The van der Waals surface area contributed by atoms with E-state index in [2.05, 4.69) is 10.3 Å². The van der Waals surface area contributed by atoms with Gasteiger partial charge < -0.3 is 15.0 Å². The summed E-state index contributed by atoms with van der Waals surface area (Å²) in [5, 5.41) is 3.32. The van der Waals surface area contributed by atoms with Gasteiger partial charge in [0.2, 0.25) is 0 Å². The zero-order valence-electron chi connectivity index (χ0n) is 12.3. The van der Waals surface area contributed by atoms with E-state index >= 15 is 0 Å². The summed E-state index contributed by atoms with van der Waals surface area (Å²) < 4.78 is 5.78. The molecule has 1 unspecified atom stereocenters. The van der Waals surface area contributed by atoms with Crippen LogP contribution in [0.25, 0.3) is 0 Å². The summed E-state index contributed by atoms with van der Waals surface area (Å²) in [7, 11) is 0. The van der Waals surface area contributed by atoms with E-state index in [-0.39, 0.29) is 5.91 Å². The lowest BCUT2D eigenvalue weighted by molar-refractivity contribution is 0.0766. The van der Waals surface area contributed by atoms with E-state index in [9.17, 15) is 4.79 Å². The van der Waals surface area contributed by atoms with Gasteiger partial charge in [0.05, 0.1) is 6.61 Å². The van der Waals surface area contributed by atoms with Gasteiger partial charge in [0.15, 0.2) is 0 Å². The van der Waals surface area contributed by atoms with Gasteiger partial charge in [-0.15, -0.1) is 0 Å². The molecule has 0 spiro atoms. The number of carbonyl (C=O) groups is 1. The van der Waals surface area contributed by atoms with Gasteiger partial charge in [0.1, 0.15) is 11.4 Å². The van der Waals surface area contributed by atoms with Gasteiger partial charge in [0.25, 0.3) is 5.91 Å². The van der Waals surface area contributed by atoms with E-state index in [1.807, 2.05) is 13.8 Å². The highest BCUT2D eigenvalue weighted by Crippen LogP contribution is 2.15. The Balaban J connectivity index is 1.97. The number of aromatic nitrogens is 1. The lowest BCUT2D eigenvalue weighted by Gasteiger charge is -2.18. The molecule has 1 fully saturated rings. The predicted octanol–water partition coefficient (Wildman–Crippen LogP) is 1.55. The van der Waals surface area contributed by atoms with Gasteiger partial charge in [-0.25, -0.2) is 0 Å². The molecule has 1 saturated heterocycles. The minimum Gasteiger partial charge on any atom is -0.493 e. The Morgan fingerprint density at radius 3 is 2.95 bits per heavy atom. The first kappa shape index (κ1) is 14.8. The Bertz CT molecular complexity index is 440. The van der Waals surface area contributed by atoms with Crippen LogP contribution in [-0.2, 0) is 0 Å². The largest absolute Gasteiger partial charge is 0.493 e.